The van der Waals surface area contributed by atoms with Gasteiger partial charge in [-0.3, -0.25) is 4.99 Å². The number of carbonyl (C=O) groups is 1. The van der Waals surface area contributed by atoms with Crippen molar-refractivity contribution in [1.82, 2.24) is 0 Å². The smallest absolute Gasteiger partial charge is 0.343 e. The van der Waals surface area contributed by atoms with Crippen LogP contribution in [0.25, 0.3) is 5.76 Å². The van der Waals surface area contributed by atoms with Crippen LogP contribution in [0.5, 0.6) is 0 Å². The van der Waals surface area contributed by atoms with Crippen LogP contribution in [0.4, 0.5) is 4.39 Å². The van der Waals surface area contributed by atoms with E-state index in [1.807, 2.05) is 30.3 Å². The summed E-state index contributed by atoms with van der Waals surface area (Å²) in [5.74, 6) is -1.79. The number of rotatable bonds is 6. The lowest BCUT2D eigenvalue weighted by atomic mass is 10.1. The predicted octanol–water partition coefficient (Wildman–Crippen LogP) is 5.59. The molecular weight excluding hydrogens is 404 g/mol. The third kappa shape index (κ3) is 4.54. The fraction of sp³-hybridized carbons (Fsp3) is 0.238. The van der Waals surface area contributed by atoms with Gasteiger partial charge in [0.15, 0.2) is 0 Å². The first kappa shape index (κ1) is 20.4. The maximum atomic E-state index is 13.8. The lowest BCUT2D eigenvalue weighted by Gasteiger charge is -2.09. The Balaban J connectivity index is 1.90. The SMILES string of the molecule is CCOC(=O)/C(C=NC1CC1c1ccccc1)=C(\O)c1cc(F)c(Cl)cc1Cl. The Kier molecular flexibility index (Phi) is 6.37. The van der Waals surface area contributed by atoms with Crippen LogP contribution in [0.2, 0.25) is 10.0 Å². The molecule has 0 spiro atoms. The Morgan fingerprint density at radius 1 is 1.29 bits per heavy atom. The van der Waals surface area contributed by atoms with Gasteiger partial charge in [0.2, 0.25) is 0 Å². The molecule has 1 aliphatic carbocycles. The molecule has 28 heavy (non-hydrogen) atoms. The van der Waals surface area contributed by atoms with Crippen LogP contribution in [0.3, 0.4) is 0 Å². The second-order valence-corrected chi connectivity index (χ2v) is 7.14. The molecule has 0 bridgehead atoms. The summed E-state index contributed by atoms with van der Waals surface area (Å²) in [7, 11) is 0. The molecule has 1 N–H and O–H groups in total. The third-order valence-electron chi connectivity index (χ3n) is 4.40. The van der Waals surface area contributed by atoms with E-state index < -0.39 is 17.5 Å². The summed E-state index contributed by atoms with van der Waals surface area (Å²) in [6.07, 6.45) is 2.11. The van der Waals surface area contributed by atoms with Gasteiger partial charge >= 0.3 is 5.97 Å². The molecule has 2 atom stereocenters. The molecule has 2 aromatic rings. The Labute approximate surface area is 172 Å². The van der Waals surface area contributed by atoms with Crippen molar-refractivity contribution >= 4 is 41.1 Å². The zero-order valence-corrected chi connectivity index (χ0v) is 16.5. The number of nitrogens with zero attached hydrogens (tertiary/aromatic N) is 1. The summed E-state index contributed by atoms with van der Waals surface area (Å²) in [5, 5.41) is 10.4. The minimum Gasteiger partial charge on any atom is -0.506 e. The molecule has 146 valence electrons. The summed E-state index contributed by atoms with van der Waals surface area (Å²) in [5.41, 5.74) is 0.913. The van der Waals surface area contributed by atoms with Crippen LogP contribution in [0, 0.1) is 5.82 Å². The molecule has 0 aliphatic heterocycles. The number of halogens is 3. The van der Waals surface area contributed by atoms with Crippen LogP contribution in [0.1, 0.15) is 30.4 Å². The summed E-state index contributed by atoms with van der Waals surface area (Å²) in [6.45, 7) is 1.76. The Morgan fingerprint density at radius 3 is 2.68 bits per heavy atom. The van der Waals surface area contributed by atoms with Gasteiger partial charge in [0.1, 0.15) is 17.1 Å². The molecule has 0 heterocycles. The average molecular weight is 422 g/mol. The highest BCUT2D eigenvalue weighted by molar-refractivity contribution is 6.36. The summed E-state index contributed by atoms with van der Waals surface area (Å²) in [6, 6.07) is 12.0. The Hall–Kier alpha value is -2.37. The molecule has 0 radical (unpaired) electrons. The van der Waals surface area contributed by atoms with E-state index in [0.29, 0.717) is 0 Å². The van der Waals surface area contributed by atoms with E-state index in [0.717, 1.165) is 18.6 Å². The average Bonchev–Trinajstić information content (AvgIpc) is 3.45. The molecule has 2 unspecified atom stereocenters. The number of carbonyl (C=O) groups excluding carboxylic acids is 1. The van der Waals surface area contributed by atoms with E-state index in [1.165, 1.54) is 11.8 Å². The van der Waals surface area contributed by atoms with Gasteiger partial charge in [-0.05, 0) is 31.0 Å². The number of aliphatic imine (C=N–C) groups is 1. The first-order valence-electron chi connectivity index (χ1n) is 8.75. The van der Waals surface area contributed by atoms with Crippen molar-refractivity contribution in [1.29, 1.82) is 0 Å². The van der Waals surface area contributed by atoms with Gasteiger partial charge in [-0.15, -0.1) is 0 Å². The molecule has 0 amide bonds. The normalized spacial score (nSPS) is 19.4. The molecule has 1 aliphatic rings. The number of hydrogen-bond donors (Lipinski definition) is 1. The minimum atomic E-state index is -0.771. The van der Waals surface area contributed by atoms with Gasteiger partial charge in [0, 0.05) is 17.7 Å². The molecule has 1 saturated carbocycles. The van der Waals surface area contributed by atoms with Gasteiger partial charge in [0.05, 0.1) is 22.7 Å². The van der Waals surface area contributed by atoms with Crippen molar-refractivity contribution in [3.8, 4) is 0 Å². The van der Waals surface area contributed by atoms with Crippen LogP contribution in [0.15, 0.2) is 53.0 Å². The first-order chi connectivity index (χ1) is 13.4. The van der Waals surface area contributed by atoms with Crippen molar-refractivity contribution in [2.24, 2.45) is 4.99 Å². The maximum Gasteiger partial charge on any atom is 0.343 e. The predicted molar refractivity (Wildman–Crippen MR) is 109 cm³/mol. The van der Waals surface area contributed by atoms with E-state index in [1.54, 1.807) is 6.92 Å². The maximum absolute atomic E-state index is 13.8. The molecule has 0 saturated heterocycles. The largest absolute Gasteiger partial charge is 0.506 e. The van der Waals surface area contributed by atoms with E-state index in [4.69, 9.17) is 27.9 Å². The lowest BCUT2D eigenvalue weighted by molar-refractivity contribution is -0.137. The second kappa shape index (κ2) is 8.76. The number of benzene rings is 2. The third-order valence-corrected chi connectivity index (χ3v) is 5.00. The van der Waals surface area contributed by atoms with E-state index in [9.17, 15) is 14.3 Å². The summed E-state index contributed by atoms with van der Waals surface area (Å²) >= 11 is 11.8. The fourth-order valence-corrected chi connectivity index (χ4v) is 3.32. The number of hydrogen-bond acceptors (Lipinski definition) is 4. The summed E-state index contributed by atoms with van der Waals surface area (Å²) in [4.78, 5) is 16.7. The van der Waals surface area contributed by atoms with Gasteiger partial charge < -0.3 is 9.84 Å². The molecule has 1 fully saturated rings. The van der Waals surface area contributed by atoms with E-state index in [2.05, 4.69) is 4.99 Å². The van der Waals surface area contributed by atoms with Crippen molar-refractivity contribution in [2.45, 2.75) is 25.3 Å². The molecule has 7 heteroatoms. The molecular formula is C21H18Cl2FNO3. The number of aliphatic hydroxyl groups is 1. The van der Waals surface area contributed by atoms with Crippen LogP contribution >= 0.6 is 23.2 Å². The standard InChI is InChI=1S/C21H18Cl2FNO3/c1-2-28-21(27)15(20(26)14-8-18(24)17(23)10-16(14)22)11-25-19-9-13(19)12-6-4-3-5-7-12/h3-8,10-11,13,19,26H,2,9H2,1H3/b20-15-,25-11?. The first-order valence-corrected chi connectivity index (χ1v) is 9.51. The van der Waals surface area contributed by atoms with Crippen LogP contribution in [-0.2, 0) is 9.53 Å². The number of aliphatic hydroxyl groups excluding tert-OH is 1. The van der Waals surface area contributed by atoms with E-state index in [-0.39, 0.29) is 39.7 Å². The zero-order chi connectivity index (χ0) is 20.3. The highest BCUT2D eigenvalue weighted by Gasteiger charge is 2.38. The minimum absolute atomic E-state index is 0.00273. The zero-order valence-electron chi connectivity index (χ0n) is 15.0. The van der Waals surface area contributed by atoms with Gasteiger partial charge in [-0.2, -0.15) is 0 Å². The molecule has 4 nitrogen and oxygen atoms in total. The Morgan fingerprint density at radius 2 is 2.00 bits per heavy atom. The van der Waals surface area contributed by atoms with Gasteiger partial charge in [-0.1, -0.05) is 53.5 Å². The summed E-state index contributed by atoms with van der Waals surface area (Å²) < 4.78 is 18.8. The van der Waals surface area contributed by atoms with Crippen LogP contribution < -0.4 is 0 Å². The monoisotopic (exact) mass is 421 g/mol. The van der Waals surface area contributed by atoms with Crippen molar-refractivity contribution < 1.29 is 19.0 Å². The van der Waals surface area contributed by atoms with Crippen molar-refractivity contribution in [3.63, 3.8) is 0 Å². The molecule has 0 aromatic heterocycles. The van der Waals surface area contributed by atoms with Gasteiger partial charge in [-0.25, -0.2) is 9.18 Å². The lowest BCUT2D eigenvalue weighted by Crippen LogP contribution is -2.12. The molecule has 2 aromatic carbocycles. The second-order valence-electron chi connectivity index (χ2n) is 6.33. The quantitative estimate of drug-likeness (QED) is 0.217. The Bertz CT molecular complexity index is 944. The van der Waals surface area contributed by atoms with Crippen molar-refractivity contribution in [2.75, 3.05) is 6.61 Å². The topological polar surface area (TPSA) is 58.9 Å². The highest BCUT2D eigenvalue weighted by Crippen LogP contribution is 2.43. The fourth-order valence-electron chi connectivity index (χ4n) is 2.84. The number of ether oxygens (including phenoxy) is 1. The van der Waals surface area contributed by atoms with Gasteiger partial charge in [0.25, 0.3) is 0 Å². The highest BCUT2D eigenvalue weighted by atomic mass is 35.5. The van der Waals surface area contributed by atoms with E-state index >= 15 is 0 Å². The van der Waals surface area contributed by atoms with Crippen LogP contribution in [-0.4, -0.2) is 29.9 Å². The number of esters is 1. The molecule has 3 rings (SSSR count). The van der Waals surface area contributed by atoms with Crippen molar-refractivity contribution in [3.05, 3.63) is 75.0 Å².